The van der Waals surface area contributed by atoms with E-state index in [0.29, 0.717) is 6.04 Å². The molecule has 0 spiro atoms. The fourth-order valence-electron chi connectivity index (χ4n) is 3.37. The fourth-order valence-corrected chi connectivity index (χ4v) is 4.25. The Bertz CT molecular complexity index is 681. The van der Waals surface area contributed by atoms with Gasteiger partial charge in [-0.25, -0.2) is 4.99 Å². The molecule has 0 radical (unpaired) electrons. The highest BCUT2D eigenvalue weighted by atomic mass is 35.5. The van der Waals surface area contributed by atoms with Crippen LogP contribution in [-0.4, -0.2) is 35.5 Å². The van der Waals surface area contributed by atoms with Crippen LogP contribution in [0.1, 0.15) is 29.4 Å². The molecule has 126 valence electrons. The molecule has 1 unspecified atom stereocenters. The van der Waals surface area contributed by atoms with Gasteiger partial charge in [-0.1, -0.05) is 29.8 Å². The zero-order valence-electron chi connectivity index (χ0n) is 13.3. The monoisotopic (exact) mass is 361 g/mol. The molecule has 0 bridgehead atoms. The minimum atomic E-state index is 0.0258. The van der Waals surface area contributed by atoms with Gasteiger partial charge in [-0.05, 0) is 42.0 Å². The summed E-state index contributed by atoms with van der Waals surface area (Å²) in [7, 11) is 0. The number of hydrogen-bond acceptors (Lipinski definition) is 5. The summed E-state index contributed by atoms with van der Waals surface area (Å²) in [6.07, 6.45) is 3.81. The van der Waals surface area contributed by atoms with E-state index in [4.69, 9.17) is 16.4 Å². The SMILES string of the molecule is Clc1ccc(CN2CCC(N3OC=NC3c3cccs3)CC2)cc1. The second-order valence-corrected chi connectivity index (χ2v) is 7.66. The van der Waals surface area contributed by atoms with E-state index in [1.807, 2.05) is 12.1 Å². The van der Waals surface area contributed by atoms with Crippen LogP contribution >= 0.6 is 22.9 Å². The Balaban J connectivity index is 1.33. The number of hydrogen-bond donors (Lipinski definition) is 0. The first-order valence-corrected chi connectivity index (χ1v) is 9.52. The van der Waals surface area contributed by atoms with E-state index in [0.717, 1.165) is 37.5 Å². The summed E-state index contributed by atoms with van der Waals surface area (Å²) in [6.45, 7) is 3.13. The van der Waals surface area contributed by atoms with Crippen LogP contribution in [0.15, 0.2) is 46.8 Å². The minimum absolute atomic E-state index is 0.0258. The van der Waals surface area contributed by atoms with Crippen LogP contribution in [0.25, 0.3) is 0 Å². The predicted molar refractivity (Wildman–Crippen MR) is 98.2 cm³/mol. The summed E-state index contributed by atoms with van der Waals surface area (Å²) in [5.41, 5.74) is 1.31. The summed E-state index contributed by atoms with van der Waals surface area (Å²) in [5, 5.41) is 4.96. The lowest BCUT2D eigenvalue weighted by Crippen LogP contribution is -2.44. The molecule has 2 aliphatic heterocycles. The van der Waals surface area contributed by atoms with Crippen molar-refractivity contribution in [3.8, 4) is 0 Å². The van der Waals surface area contributed by atoms with E-state index in [1.165, 1.54) is 10.4 Å². The van der Waals surface area contributed by atoms with Crippen molar-refractivity contribution >= 4 is 29.3 Å². The Morgan fingerprint density at radius 2 is 1.96 bits per heavy atom. The minimum Gasteiger partial charge on any atom is -0.391 e. The van der Waals surface area contributed by atoms with Gasteiger partial charge in [-0.2, -0.15) is 0 Å². The summed E-state index contributed by atoms with van der Waals surface area (Å²) < 4.78 is 0. The lowest BCUT2D eigenvalue weighted by atomic mass is 10.0. The van der Waals surface area contributed by atoms with Gasteiger partial charge >= 0.3 is 0 Å². The molecular weight excluding hydrogens is 342 g/mol. The lowest BCUT2D eigenvalue weighted by molar-refractivity contribution is -0.130. The molecule has 0 amide bonds. The van der Waals surface area contributed by atoms with Crippen molar-refractivity contribution in [3.63, 3.8) is 0 Å². The number of aliphatic imine (C=N–C) groups is 1. The number of nitrogens with zero attached hydrogens (tertiary/aromatic N) is 3. The van der Waals surface area contributed by atoms with Crippen molar-refractivity contribution in [2.45, 2.75) is 31.6 Å². The molecule has 1 saturated heterocycles. The third-order valence-electron chi connectivity index (χ3n) is 4.65. The Morgan fingerprint density at radius 1 is 1.17 bits per heavy atom. The molecule has 0 saturated carbocycles. The molecule has 0 N–H and O–H groups in total. The van der Waals surface area contributed by atoms with Gasteiger partial charge in [0.05, 0.1) is 6.04 Å². The Morgan fingerprint density at radius 3 is 2.67 bits per heavy atom. The van der Waals surface area contributed by atoms with Gasteiger partial charge in [0.1, 0.15) is 0 Å². The normalized spacial score (nSPS) is 22.8. The van der Waals surface area contributed by atoms with Crippen molar-refractivity contribution in [1.29, 1.82) is 0 Å². The van der Waals surface area contributed by atoms with Crippen LogP contribution in [-0.2, 0) is 11.4 Å². The maximum Gasteiger partial charge on any atom is 0.198 e. The van der Waals surface area contributed by atoms with Gasteiger partial charge in [0.25, 0.3) is 0 Å². The Hall–Kier alpha value is -1.40. The van der Waals surface area contributed by atoms with Crippen LogP contribution in [0.5, 0.6) is 0 Å². The highest BCUT2D eigenvalue weighted by Gasteiger charge is 2.34. The van der Waals surface area contributed by atoms with Crippen LogP contribution in [0.2, 0.25) is 5.02 Å². The van der Waals surface area contributed by atoms with E-state index in [-0.39, 0.29) is 6.17 Å². The molecule has 3 heterocycles. The molecule has 0 aliphatic carbocycles. The van der Waals surface area contributed by atoms with Gasteiger partial charge in [-0.3, -0.25) is 4.90 Å². The summed E-state index contributed by atoms with van der Waals surface area (Å²) in [5.74, 6) is 0. The van der Waals surface area contributed by atoms with E-state index in [9.17, 15) is 0 Å². The zero-order chi connectivity index (χ0) is 16.4. The average Bonchev–Trinajstić information content (AvgIpc) is 3.28. The van der Waals surface area contributed by atoms with Crippen molar-refractivity contribution in [2.75, 3.05) is 13.1 Å². The topological polar surface area (TPSA) is 28.1 Å². The number of hydroxylamine groups is 2. The molecular formula is C18H20ClN3OS. The smallest absolute Gasteiger partial charge is 0.198 e. The third-order valence-corrected chi connectivity index (χ3v) is 5.81. The molecule has 2 aromatic rings. The van der Waals surface area contributed by atoms with Crippen molar-refractivity contribution in [2.24, 2.45) is 4.99 Å². The van der Waals surface area contributed by atoms with E-state index < -0.39 is 0 Å². The average molecular weight is 362 g/mol. The van der Waals surface area contributed by atoms with E-state index >= 15 is 0 Å². The molecule has 1 fully saturated rings. The molecule has 1 aromatic carbocycles. The molecule has 24 heavy (non-hydrogen) atoms. The van der Waals surface area contributed by atoms with Gasteiger partial charge in [-0.15, -0.1) is 16.4 Å². The second kappa shape index (κ2) is 7.23. The third kappa shape index (κ3) is 3.49. The molecule has 1 atom stereocenters. The highest BCUT2D eigenvalue weighted by molar-refractivity contribution is 7.10. The Kier molecular flexibility index (Phi) is 4.85. The molecule has 4 nitrogen and oxygen atoms in total. The summed E-state index contributed by atoms with van der Waals surface area (Å²) in [6, 6.07) is 12.8. The van der Waals surface area contributed by atoms with E-state index in [2.05, 4.69) is 44.6 Å². The van der Waals surface area contributed by atoms with Crippen LogP contribution in [0.3, 0.4) is 0 Å². The maximum atomic E-state index is 5.96. The number of likely N-dealkylation sites (tertiary alicyclic amines) is 1. The van der Waals surface area contributed by atoms with Crippen LogP contribution < -0.4 is 0 Å². The first kappa shape index (κ1) is 16.1. The van der Waals surface area contributed by atoms with Crippen molar-refractivity contribution < 1.29 is 4.84 Å². The zero-order valence-corrected chi connectivity index (χ0v) is 14.9. The summed E-state index contributed by atoms with van der Waals surface area (Å²) in [4.78, 5) is 13.9. The van der Waals surface area contributed by atoms with Crippen molar-refractivity contribution in [3.05, 3.63) is 57.2 Å². The number of rotatable bonds is 4. The second-order valence-electron chi connectivity index (χ2n) is 6.24. The van der Waals surface area contributed by atoms with Gasteiger partial charge in [0, 0.05) is 29.5 Å². The number of thiophene rings is 1. The molecule has 1 aromatic heterocycles. The van der Waals surface area contributed by atoms with Crippen LogP contribution in [0, 0.1) is 0 Å². The van der Waals surface area contributed by atoms with Gasteiger partial charge in [0.2, 0.25) is 0 Å². The van der Waals surface area contributed by atoms with Gasteiger partial charge in [0.15, 0.2) is 12.6 Å². The maximum absolute atomic E-state index is 5.96. The van der Waals surface area contributed by atoms with E-state index in [1.54, 1.807) is 17.7 Å². The largest absolute Gasteiger partial charge is 0.391 e. The Labute approximate surface area is 151 Å². The van der Waals surface area contributed by atoms with Crippen LogP contribution in [0.4, 0.5) is 0 Å². The number of halogens is 1. The lowest BCUT2D eigenvalue weighted by Gasteiger charge is -2.36. The van der Waals surface area contributed by atoms with Crippen molar-refractivity contribution in [1.82, 2.24) is 9.96 Å². The molecule has 2 aliphatic rings. The van der Waals surface area contributed by atoms with Gasteiger partial charge < -0.3 is 4.84 Å². The molecule has 4 rings (SSSR count). The first-order chi connectivity index (χ1) is 11.8. The standard InChI is InChI=1S/C18H20ClN3OS/c19-15-5-3-14(4-6-15)12-21-9-7-16(8-10-21)22-18(20-13-23-22)17-2-1-11-24-17/h1-6,11,13,16,18H,7-10,12H2. The highest BCUT2D eigenvalue weighted by Crippen LogP contribution is 2.34. The summed E-state index contributed by atoms with van der Waals surface area (Å²) >= 11 is 7.69. The fraction of sp³-hybridized carbons (Fsp3) is 0.389. The number of benzene rings is 1. The predicted octanol–water partition coefficient (Wildman–Crippen LogP) is 4.34. The first-order valence-electron chi connectivity index (χ1n) is 8.26. The number of piperidine rings is 1. The molecule has 6 heteroatoms. The quantitative estimate of drug-likeness (QED) is 0.810.